The number of nitrogens with one attached hydrogen (secondary N) is 1. The Morgan fingerprint density at radius 3 is 2.43 bits per heavy atom. The minimum atomic E-state index is -0.581. The van der Waals surface area contributed by atoms with Gasteiger partial charge in [-0.3, -0.25) is 9.59 Å². The Kier molecular flexibility index (Phi) is 3.95. The van der Waals surface area contributed by atoms with Crippen LogP contribution in [0.25, 0.3) is 0 Å². The van der Waals surface area contributed by atoms with Crippen molar-refractivity contribution in [3.05, 3.63) is 35.9 Å². The van der Waals surface area contributed by atoms with Gasteiger partial charge < -0.3 is 10.2 Å². The molecule has 1 aliphatic heterocycles. The summed E-state index contributed by atoms with van der Waals surface area (Å²) in [6, 6.07) is 9.91. The number of carbonyl (C=O) groups is 2. The van der Waals surface area contributed by atoms with Gasteiger partial charge in [0.2, 0.25) is 11.8 Å². The summed E-state index contributed by atoms with van der Waals surface area (Å²) in [6.07, 6.45) is 5.42. The van der Waals surface area contributed by atoms with E-state index >= 15 is 0 Å². The van der Waals surface area contributed by atoms with Crippen molar-refractivity contribution in [1.29, 1.82) is 0 Å². The molecule has 4 nitrogen and oxygen atoms in total. The quantitative estimate of drug-likeness (QED) is 0.863. The molecule has 4 heteroatoms. The first-order valence-corrected chi connectivity index (χ1v) is 7.85. The zero-order valence-corrected chi connectivity index (χ0v) is 12.3. The van der Waals surface area contributed by atoms with E-state index in [4.69, 9.17) is 0 Å². The van der Waals surface area contributed by atoms with E-state index < -0.39 is 5.54 Å². The molecule has 112 valence electrons. The van der Waals surface area contributed by atoms with Gasteiger partial charge >= 0.3 is 0 Å². The number of hydrogen-bond acceptors (Lipinski definition) is 2. The highest BCUT2D eigenvalue weighted by atomic mass is 16.2. The monoisotopic (exact) mass is 286 g/mol. The molecule has 3 rings (SSSR count). The second-order valence-corrected chi connectivity index (χ2v) is 6.06. The topological polar surface area (TPSA) is 49.4 Å². The van der Waals surface area contributed by atoms with Gasteiger partial charge in [-0.25, -0.2) is 0 Å². The van der Waals surface area contributed by atoms with Crippen LogP contribution in [0.1, 0.15) is 44.1 Å². The second-order valence-electron chi connectivity index (χ2n) is 6.06. The van der Waals surface area contributed by atoms with Gasteiger partial charge in [0.05, 0.1) is 0 Å². The maximum atomic E-state index is 12.8. The molecule has 1 N–H and O–H groups in total. The first-order valence-electron chi connectivity index (χ1n) is 7.85. The van der Waals surface area contributed by atoms with Crippen LogP contribution >= 0.6 is 0 Å². The molecule has 21 heavy (non-hydrogen) atoms. The molecule has 0 unspecified atom stereocenters. The molecule has 0 spiro atoms. The lowest BCUT2D eigenvalue weighted by atomic mass is 9.77. The molecule has 1 aromatic rings. The van der Waals surface area contributed by atoms with Gasteiger partial charge in [0.25, 0.3) is 0 Å². The minimum absolute atomic E-state index is 0.0269. The predicted molar refractivity (Wildman–Crippen MR) is 80.4 cm³/mol. The van der Waals surface area contributed by atoms with Gasteiger partial charge in [-0.05, 0) is 18.4 Å². The summed E-state index contributed by atoms with van der Waals surface area (Å²) in [5.74, 6) is 0.158. The van der Waals surface area contributed by atoms with Crippen LogP contribution in [0.15, 0.2) is 30.3 Å². The number of amides is 2. The highest BCUT2D eigenvalue weighted by Crippen LogP contribution is 2.37. The number of likely N-dealkylation sites (tertiary alicyclic amines) is 1. The molecule has 0 atom stereocenters. The van der Waals surface area contributed by atoms with E-state index in [1.165, 1.54) is 0 Å². The van der Waals surface area contributed by atoms with Crippen molar-refractivity contribution in [3.63, 3.8) is 0 Å². The van der Waals surface area contributed by atoms with E-state index in [0.717, 1.165) is 44.2 Å². The lowest BCUT2D eigenvalue weighted by Crippen LogP contribution is -2.65. The third kappa shape index (κ3) is 2.67. The highest BCUT2D eigenvalue weighted by Gasteiger charge is 2.49. The fraction of sp³-hybridized carbons (Fsp3) is 0.529. The van der Waals surface area contributed by atoms with E-state index in [1.807, 2.05) is 35.2 Å². The number of hydrogen-bond donors (Lipinski definition) is 1. The van der Waals surface area contributed by atoms with E-state index in [0.29, 0.717) is 13.0 Å². The fourth-order valence-electron chi connectivity index (χ4n) is 3.47. The molecule has 1 aliphatic carbocycles. The van der Waals surface area contributed by atoms with Gasteiger partial charge in [0.15, 0.2) is 0 Å². The van der Waals surface area contributed by atoms with Crippen molar-refractivity contribution in [2.75, 3.05) is 6.54 Å². The van der Waals surface area contributed by atoms with Crippen LogP contribution in [0.5, 0.6) is 0 Å². The third-order valence-corrected chi connectivity index (χ3v) is 4.77. The first kappa shape index (κ1) is 14.1. The Morgan fingerprint density at radius 1 is 1.14 bits per heavy atom. The highest BCUT2D eigenvalue weighted by molar-refractivity contribution is 5.94. The molecule has 2 amide bonds. The fourth-order valence-corrected chi connectivity index (χ4v) is 3.47. The Labute approximate surface area is 125 Å². The maximum Gasteiger partial charge on any atom is 0.246 e. The SMILES string of the molecule is O=C1CCN1C1(C(=O)NCc2ccccc2)CCCCC1. The Bertz CT molecular complexity index is 521. The Balaban J connectivity index is 1.70. The summed E-state index contributed by atoms with van der Waals surface area (Å²) >= 11 is 0. The van der Waals surface area contributed by atoms with Crippen LogP contribution < -0.4 is 5.32 Å². The van der Waals surface area contributed by atoms with Crippen molar-refractivity contribution >= 4 is 11.8 Å². The minimum Gasteiger partial charge on any atom is -0.350 e. The largest absolute Gasteiger partial charge is 0.350 e. The molecule has 2 fully saturated rings. The van der Waals surface area contributed by atoms with Crippen LogP contribution in [0.2, 0.25) is 0 Å². The van der Waals surface area contributed by atoms with E-state index in [-0.39, 0.29) is 11.8 Å². The molecule has 1 heterocycles. The number of benzene rings is 1. The van der Waals surface area contributed by atoms with Crippen LogP contribution in [0, 0.1) is 0 Å². The second kappa shape index (κ2) is 5.88. The standard InChI is InChI=1S/C17H22N2O2/c20-15-9-12-19(15)17(10-5-2-6-11-17)16(21)18-13-14-7-3-1-4-8-14/h1,3-4,7-8H,2,5-6,9-13H2,(H,18,21). The molecule has 1 saturated heterocycles. The first-order chi connectivity index (χ1) is 10.2. The molecular formula is C17H22N2O2. The van der Waals surface area contributed by atoms with E-state index in [2.05, 4.69) is 5.32 Å². The van der Waals surface area contributed by atoms with Crippen LogP contribution in [-0.2, 0) is 16.1 Å². The Hall–Kier alpha value is -1.84. The van der Waals surface area contributed by atoms with E-state index in [9.17, 15) is 9.59 Å². The van der Waals surface area contributed by atoms with Crippen molar-refractivity contribution in [2.45, 2.75) is 50.6 Å². The smallest absolute Gasteiger partial charge is 0.246 e. The molecule has 0 radical (unpaired) electrons. The number of β-lactam (4-membered cyclic amide) rings is 1. The van der Waals surface area contributed by atoms with Crippen LogP contribution in [-0.4, -0.2) is 28.8 Å². The molecular weight excluding hydrogens is 264 g/mol. The molecule has 1 aromatic carbocycles. The lowest BCUT2D eigenvalue weighted by Gasteiger charge is -2.49. The molecule has 2 aliphatic rings. The average molecular weight is 286 g/mol. The average Bonchev–Trinajstić information content (AvgIpc) is 2.53. The maximum absolute atomic E-state index is 12.8. The molecule has 1 saturated carbocycles. The lowest BCUT2D eigenvalue weighted by molar-refractivity contribution is -0.159. The summed E-state index contributed by atoms with van der Waals surface area (Å²) in [7, 11) is 0. The summed E-state index contributed by atoms with van der Waals surface area (Å²) in [6.45, 7) is 1.26. The predicted octanol–water partition coefficient (Wildman–Crippen LogP) is 2.24. The summed E-state index contributed by atoms with van der Waals surface area (Å²) in [5.41, 5.74) is 0.509. The zero-order valence-electron chi connectivity index (χ0n) is 12.3. The van der Waals surface area contributed by atoms with Gasteiger partial charge in [-0.1, -0.05) is 49.6 Å². The van der Waals surface area contributed by atoms with Gasteiger partial charge in [0, 0.05) is 19.5 Å². The third-order valence-electron chi connectivity index (χ3n) is 4.77. The van der Waals surface area contributed by atoms with Crippen LogP contribution in [0.3, 0.4) is 0 Å². The van der Waals surface area contributed by atoms with E-state index in [1.54, 1.807) is 0 Å². The number of rotatable bonds is 4. The Morgan fingerprint density at radius 2 is 1.86 bits per heavy atom. The van der Waals surface area contributed by atoms with Crippen molar-refractivity contribution in [2.24, 2.45) is 0 Å². The van der Waals surface area contributed by atoms with Gasteiger partial charge in [-0.15, -0.1) is 0 Å². The molecule has 0 aromatic heterocycles. The normalized spacial score (nSPS) is 20.8. The van der Waals surface area contributed by atoms with Gasteiger partial charge in [0.1, 0.15) is 5.54 Å². The molecule has 0 bridgehead atoms. The summed E-state index contributed by atoms with van der Waals surface area (Å²) < 4.78 is 0. The van der Waals surface area contributed by atoms with Gasteiger partial charge in [-0.2, -0.15) is 0 Å². The summed E-state index contributed by atoms with van der Waals surface area (Å²) in [4.78, 5) is 26.4. The van der Waals surface area contributed by atoms with Crippen molar-refractivity contribution in [1.82, 2.24) is 10.2 Å². The van der Waals surface area contributed by atoms with Crippen LogP contribution in [0.4, 0.5) is 0 Å². The van der Waals surface area contributed by atoms with Crippen molar-refractivity contribution in [3.8, 4) is 0 Å². The van der Waals surface area contributed by atoms with Crippen molar-refractivity contribution < 1.29 is 9.59 Å². The number of carbonyl (C=O) groups excluding carboxylic acids is 2. The zero-order chi connectivity index (χ0) is 14.7. The number of nitrogens with zero attached hydrogens (tertiary/aromatic N) is 1. The summed E-state index contributed by atoms with van der Waals surface area (Å²) in [5, 5.41) is 3.05.